The van der Waals surface area contributed by atoms with Crippen LogP contribution in [0.2, 0.25) is 0 Å². The van der Waals surface area contributed by atoms with E-state index in [0.29, 0.717) is 0 Å². The monoisotopic (exact) mass is 223 g/mol. The van der Waals surface area contributed by atoms with Crippen LogP contribution in [0.25, 0.3) is 0 Å². The first-order valence-corrected chi connectivity index (χ1v) is 5.42. The van der Waals surface area contributed by atoms with Crippen molar-refractivity contribution in [3.63, 3.8) is 0 Å². The summed E-state index contributed by atoms with van der Waals surface area (Å²) in [5, 5.41) is 3.02. The van der Waals surface area contributed by atoms with Crippen LogP contribution in [0.3, 0.4) is 0 Å². The van der Waals surface area contributed by atoms with Crippen molar-refractivity contribution in [3.05, 3.63) is 29.6 Å². The first-order chi connectivity index (χ1) is 7.69. The molecule has 0 radical (unpaired) electrons. The van der Waals surface area contributed by atoms with Crippen molar-refractivity contribution in [1.29, 1.82) is 0 Å². The van der Waals surface area contributed by atoms with Gasteiger partial charge in [0, 0.05) is 6.21 Å². The molecule has 0 aromatic heterocycles. The highest BCUT2D eigenvalue weighted by Crippen LogP contribution is 2.18. The van der Waals surface area contributed by atoms with Crippen molar-refractivity contribution < 1.29 is 4.39 Å². The third kappa shape index (κ3) is 3.31. The van der Waals surface area contributed by atoms with Crippen LogP contribution in [0.1, 0.15) is 31.5 Å². The molecule has 0 aliphatic heterocycles. The lowest BCUT2D eigenvalue weighted by molar-refractivity contribution is 0.601. The maximum atomic E-state index is 13.3. The lowest BCUT2D eigenvalue weighted by Crippen LogP contribution is -2.14. The summed E-state index contributed by atoms with van der Waals surface area (Å²) in [5.41, 5.74) is 6.36. The van der Waals surface area contributed by atoms with Gasteiger partial charge in [0.05, 0.1) is 5.69 Å². The Kier molecular flexibility index (Phi) is 4.92. The number of aliphatic imine (C=N–C) groups is 1. The van der Waals surface area contributed by atoms with Gasteiger partial charge in [-0.2, -0.15) is 0 Å². The lowest BCUT2D eigenvalue weighted by Gasteiger charge is -2.12. The van der Waals surface area contributed by atoms with Gasteiger partial charge in [-0.3, -0.25) is 10.3 Å². The number of rotatable bonds is 5. The predicted octanol–water partition coefficient (Wildman–Crippen LogP) is 2.50. The zero-order chi connectivity index (χ0) is 12.0. The van der Waals surface area contributed by atoms with Crippen LogP contribution in [0.15, 0.2) is 23.2 Å². The highest BCUT2D eigenvalue weighted by atomic mass is 19.1. The number of unbranched alkanes of at least 4 members (excludes halogenated alkanes) is 1. The van der Waals surface area contributed by atoms with Gasteiger partial charge in [0.25, 0.3) is 0 Å². The fraction of sp³-hybridized carbons (Fsp3) is 0.417. The molecule has 3 N–H and O–H groups in total. The molecule has 3 nitrogen and oxygen atoms in total. The van der Waals surface area contributed by atoms with E-state index in [4.69, 9.17) is 5.73 Å². The molecule has 0 bridgehead atoms. The molecule has 16 heavy (non-hydrogen) atoms. The van der Waals surface area contributed by atoms with Crippen molar-refractivity contribution >= 4 is 11.9 Å². The number of nitrogens with one attached hydrogen (secondary N) is 1. The number of nitrogen functional groups attached to an aromatic ring is 1. The number of nitrogens with two attached hydrogens (primary N) is 1. The van der Waals surface area contributed by atoms with Gasteiger partial charge in [-0.25, -0.2) is 4.39 Å². The van der Waals surface area contributed by atoms with E-state index >= 15 is 0 Å². The molecule has 4 heteroatoms. The zero-order valence-corrected chi connectivity index (χ0v) is 9.70. The van der Waals surface area contributed by atoms with Gasteiger partial charge in [-0.15, -0.1) is 0 Å². The Balaban J connectivity index is 2.82. The van der Waals surface area contributed by atoms with E-state index < -0.39 is 5.82 Å². The van der Waals surface area contributed by atoms with Gasteiger partial charge in [-0.05, 0) is 31.2 Å². The van der Waals surface area contributed by atoms with Crippen LogP contribution in [-0.2, 0) is 0 Å². The fourth-order valence-electron chi connectivity index (χ4n) is 1.35. The molecule has 0 saturated heterocycles. The Hall–Kier alpha value is -1.42. The molecule has 1 rings (SSSR count). The summed E-state index contributed by atoms with van der Waals surface area (Å²) in [4.78, 5) is 4.33. The van der Waals surface area contributed by atoms with Gasteiger partial charge >= 0.3 is 0 Å². The van der Waals surface area contributed by atoms with Crippen molar-refractivity contribution in [2.24, 2.45) is 4.99 Å². The molecule has 1 aromatic rings. The first-order valence-electron chi connectivity index (χ1n) is 5.42. The number of benzene rings is 1. The Morgan fingerprint density at radius 2 is 2.31 bits per heavy atom. The van der Waals surface area contributed by atoms with Crippen LogP contribution >= 0.6 is 0 Å². The Labute approximate surface area is 95.6 Å². The molecule has 1 unspecified atom stereocenters. The predicted molar refractivity (Wildman–Crippen MR) is 66.0 cm³/mol. The molecule has 0 spiro atoms. The number of anilines is 1. The summed E-state index contributed by atoms with van der Waals surface area (Å²) >= 11 is 0. The third-order valence-corrected chi connectivity index (χ3v) is 2.29. The number of halogens is 1. The summed E-state index contributed by atoms with van der Waals surface area (Å²) in [6.45, 7) is 2.09. The molecule has 0 fully saturated rings. The van der Waals surface area contributed by atoms with Gasteiger partial charge in [0.2, 0.25) is 0 Å². The second-order valence-electron chi connectivity index (χ2n) is 3.59. The van der Waals surface area contributed by atoms with Gasteiger partial charge in [0.15, 0.2) is 0 Å². The van der Waals surface area contributed by atoms with E-state index in [2.05, 4.69) is 17.2 Å². The fourth-order valence-corrected chi connectivity index (χ4v) is 1.35. The Morgan fingerprint density at radius 1 is 1.56 bits per heavy atom. The third-order valence-electron chi connectivity index (χ3n) is 2.29. The van der Waals surface area contributed by atoms with Crippen LogP contribution < -0.4 is 11.1 Å². The minimum Gasteiger partial charge on any atom is -0.396 e. The topological polar surface area (TPSA) is 50.4 Å². The smallest absolute Gasteiger partial charge is 0.146 e. The number of nitrogens with zero attached hydrogens (tertiary/aromatic N) is 1. The van der Waals surface area contributed by atoms with Crippen LogP contribution in [0.5, 0.6) is 0 Å². The Bertz CT molecular complexity index is 363. The van der Waals surface area contributed by atoms with Gasteiger partial charge in [0.1, 0.15) is 12.0 Å². The number of hydrogen-bond acceptors (Lipinski definition) is 3. The highest BCUT2D eigenvalue weighted by Gasteiger charge is 2.08. The maximum Gasteiger partial charge on any atom is 0.146 e. The first kappa shape index (κ1) is 12.6. The summed E-state index contributed by atoms with van der Waals surface area (Å²) in [6.07, 6.45) is 3.63. The van der Waals surface area contributed by atoms with E-state index in [0.717, 1.165) is 18.4 Å². The standard InChI is InChI=1S/C12H18FN3/c1-3-4-7-16-12(15-2)9-5-6-11(14)10(13)8-9/h5-8,12,15H,3-4,14H2,1-2H3/b16-7-. The molecule has 88 valence electrons. The van der Waals surface area contributed by atoms with E-state index in [1.165, 1.54) is 6.07 Å². The molecule has 0 saturated carbocycles. The van der Waals surface area contributed by atoms with Crippen molar-refractivity contribution in [3.8, 4) is 0 Å². The molecule has 0 aliphatic carbocycles. The van der Waals surface area contributed by atoms with Gasteiger partial charge < -0.3 is 5.73 Å². The largest absolute Gasteiger partial charge is 0.396 e. The molecular formula is C12H18FN3. The van der Waals surface area contributed by atoms with Crippen molar-refractivity contribution in [2.75, 3.05) is 12.8 Å². The molecule has 1 aromatic carbocycles. The molecule has 0 aliphatic rings. The molecule has 1 atom stereocenters. The summed E-state index contributed by atoms with van der Waals surface area (Å²) in [5.74, 6) is -0.400. The van der Waals surface area contributed by atoms with E-state index in [9.17, 15) is 4.39 Å². The molecule has 0 amide bonds. The average Bonchev–Trinajstić information content (AvgIpc) is 2.29. The van der Waals surface area contributed by atoms with Crippen molar-refractivity contribution in [1.82, 2.24) is 5.32 Å². The second-order valence-corrected chi connectivity index (χ2v) is 3.59. The van der Waals surface area contributed by atoms with Crippen LogP contribution in [0.4, 0.5) is 10.1 Å². The Morgan fingerprint density at radius 3 is 2.88 bits per heavy atom. The average molecular weight is 223 g/mol. The summed E-state index contributed by atoms with van der Waals surface area (Å²) in [6, 6.07) is 4.76. The normalized spacial score (nSPS) is 13.2. The SMILES string of the molecule is CCC/C=N\C(NC)c1ccc(N)c(F)c1. The van der Waals surface area contributed by atoms with E-state index in [1.54, 1.807) is 19.2 Å². The lowest BCUT2D eigenvalue weighted by atomic mass is 10.1. The van der Waals surface area contributed by atoms with Crippen LogP contribution in [0, 0.1) is 5.82 Å². The quantitative estimate of drug-likeness (QED) is 0.595. The second kappa shape index (κ2) is 6.23. The minimum absolute atomic E-state index is 0.163. The van der Waals surface area contributed by atoms with Crippen molar-refractivity contribution in [2.45, 2.75) is 25.9 Å². The minimum atomic E-state index is -0.400. The van der Waals surface area contributed by atoms with E-state index in [-0.39, 0.29) is 11.9 Å². The maximum absolute atomic E-state index is 13.3. The van der Waals surface area contributed by atoms with Gasteiger partial charge in [-0.1, -0.05) is 19.4 Å². The summed E-state index contributed by atoms with van der Waals surface area (Å²) in [7, 11) is 1.79. The number of hydrogen-bond donors (Lipinski definition) is 2. The molecular weight excluding hydrogens is 205 g/mol. The van der Waals surface area contributed by atoms with E-state index in [1.807, 2.05) is 6.21 Å². The zero-order valence-electron chi connectivity index (χ0n) is 9.70. The van der Waals surface area contributed by atoms with Crippen LogP contribution in [-0.4, -0.2) is 13.3 Å². The molecule has 0 heterocycles. The highest BCUT2D eigenvalue weighted by molar-refractivity contribution is 5.57. The summed E-state index contributed by atoms with van der Waals surface area (Å²) < 4.78 is 13.3.